The third kappa shape index (κ3) is 7.98. The van der Waals surface area contributed by atoms with Crippen LogP contribution in [-0.4, -0.2) is 29.6 Å². The molecule has 6 nitrogen and oxygen atoms in total. The normalized spacial score (nSPS) is 13.2. The molecule has 12 heteroatoms. The summed E-state index contributed by atoms with van der Waals surface area (Å²) in [6.07, 6.45) is -2.69. The molecule has 230 valence electrons. The highest BCUT2D eigenvalue weighted by atomic mass is 32.1. The second-order valence-corrected chi connectivity index (χ2v) is 11.3. The monoisotopic (exact) mass is 630 g/mol. The van der Waals surface area contributed by atoms with E-state index in [-0.39, 0.29) is 12.8 Å². The molecule has 2 heterocycles. The summed E-state index contributed by atoms with van der Waals surface area (Å²) in [4.78, 5) is 29.2. The Balaban J connectivity index is 1.14. The summed E-state index contributed by atoms with van der Waals surface area (Å²) >= 11 is 1.42. The van der Waals surface area contributed by atoms with E-state index >= 15 is 0 Å². The number of rotatable bonds is 9. The number of anilines is 1. The first-order valence-electron chi connectivity index (χ1n) is 13.9. The van der Waals surface area contributed by atoms with Crippen molar-refractivity contribution < 1.29 is 41.0 Å². The minimum atomic E-state index is -5.21. The van der Waals surface area contributed by atoms with E-state index in [1.165, 1.54) is 23.5 Å². The quantitative estimate of drug-likeness (QED) is 0.108. The number of aryl methyl sites for hydroxylation is 2. The van der Waals surface area contributed by atoms with Crippen molar-refractivity contribution in [1.82, 2.24) is 4.98 Å². The Bertz CT molecular complexity index is 1620. The van der Waals surface area contributed by atoms with Crippen LogP contribution in [0.2, 0.25) is 0 Å². The summed E-state index contributed by atoms with van der Waals surface area (Å²) in [5.41, 5.74) is 3.93. The molecule has 1 aliphatic heterocycles. The van der Waals surface area contributed by atoms with Gasteiger partial charge in [0.25, 0.3) is 0 Å². The van der Waals surface area contributed by atoms with Crippen LogP contribution in [0.4, 0.5) is 27.0 Å². The van der Waals surface area contributed by atoms with Gasteiger partial charge in [0.2, 0.25) is 0 Å². The first-order chi connectivity index (χ1) is 21.0. The highest BCUT2D eigenvalue weighted by molar-refractivity contribution is 7.19. The molecule has 0 fully saturated rings. The van der Waals surface area contributed by atoms with E-state index in [9.17, 15) is 31.5 Å². The topological polar surface area (TPSA) is 68.7 Å². The van der Waals surface area contributed by atoms with Gasteiger partial charge in [0.1, 0.15) is 34.0 Å². The van der Waals surface area contributed by atoms with Crippen molar-refractivity contribution in [3.05, 3.63) is 101 Å². The number of carbonyl (C=O) groups is 2. The molecule has 0 atom stereocenters. The third-order valence-corrected chi connectivity index (χ3v) is 8.19. The van der Waals surface area contributed by atoms with Crippen LogP contribution in [0.15, 0.2) is 66.7 Å². The van der Waals surface area contributed by atoms with Crippen molar-refractivity contribution >= 4 is 28.3 Å². The van der Waals surface area contributed by atoms with Gasteiger partial charge >= 0.3 is 18.1 Å². The van der Waals surface area contributed by atoms with Crippen molar-refractivity contribution in [2.24, 2.45) is 0 Å². The van der Waals surface area contributed by atoms with Crippen LogP contribution in [0.1, 0.15) is 41.6 Å². The van der Waals surface area contributed by atoms with Crippen LogP contribution in [0.3, 0.4) is 0 Å². The summed E-state index contributed by atoms with van der Waals surface area (Å²) in [5.74, 6) is -4.45. The first-order valence-corrected chi connectivity index (χ1v) is 14.7. The lowest BCUT2D eigenvalue weighted by atomic mass is 10.1. The summed E-state index contributed by atoms with van der Waals surface area (Å²) in [7, 11) is 0. The zero-order valence-corrected chi connectivity index (χ0v) is 24.1. The standard InChI is InChI=1S/C32H27F5N2O4S/c33-23-11-14-25(26(34)17-23)29-38-27-3-1-2-16-39(30(27)44-29)18-21-4-6-22(7-5-21)19-42-24-12-8-20(9-13-24)10-15-28(40)43-31(41)32(35,36)37/h4-9,11-14,17H,1-3,10,15-16,18-19H2. The van der Waals surface area contributed by atoms with Gasteiger partial charge in [-0.25, -0.2) is 18.6 Å². The smallest absolute Gasteiger partial charge is 0.489 e. The van der Waals surface area contributed by atoms with Crippen LogP contribution >= 0.6 is 11.3 Å². The fraction of sp³-hybridized carbons (Fsp3) is 0.281. The molecule has 0 saturated heterocycles. The average molecular weight is 631 g/mol. The SMILES string of the molecule is O=C(CCc1ccc(OCc2ccc(CN3CCCCc4nc(-c5ccc(F)cc5F)sc43)cc2)cc1)OC(=O)C(F)(F)F. The second-order valence-electron chi connectivity index (χ2n) is 10.3. The number of alkyl halides is 3. The lowest BCUT2D eigenvalue weighted by Gasteiger charge is -2.22. The number of esters is 2. The van der Waals surface area contributed by atoms with Crippen LogP contribution in [0.25, 0.3) is 10.6 Å². The highest BCUT2D eigenvalue weighted by Crippen LogP contribution is 2.39. The Morgan fingerprint density at radius 1 is 0.909 bits per heavy atom. The van der Waals surface area contributed by atoms with E-state index in [1.54, 1.807) is 24.3 Å². The lowest BCUT2D eigenvalue weighted by molar-refractivity contribution is -0.201. The number of ether oxygens (including phenoxy) is 2. The van der Waals surface area contributed by atoms with Crippen molar-refractivity contribution in [2.75, 3.05) is 11.4 Å². The van der Waals surface area contributed by atoms with Crippen molar-refractivity contribution in [2.45, 2.75) is 51.4 Å². The summed E-state index contributed by atoms with van der Waals surface area (Å²) in [5, 5.41) is 1.55. The largest absolute Gasteiger partial charge is 0.491 e. The number of carbonyl (C=O) groups excluding carboxylic acids is 2. The van der Waals surface area contributed by atoms with Gasteiger partial charge in [0, 0.05) is 24.7 Å². The molecule has 5 rings (SSSR count). The molecule has 1 aromatic heterocycles. The van der Waals surface area contributed by atoms with Gasteiger partial charge < -0.3 is 14.4 Å². The Labute approximate surface area is 254 Å². The minimum absolute atomic E-state index is 0.107. The summed E-state index contributed by atoms with van der Waals surface area (Å²) < 4.78 is 74.1. The van der Waals surface area contributed by atoms with E-state index in [0.717, 1.165) is 53.7 Å². The molecule has 1 aliphatic rings. The van der Waals surface area contributed by atoms with E-state index in [1.807, 2.05) is 24.3 Å². The Morgan fingerprint density at radius 3 is 2.32 bits per heavy atom. The number of hydrogen-bond donors (Lipinski definition) is 0. The second kappa shape index (κ2) is 13.5. The molecule has 0 bridgehead atoms. The average Bonchev–Trinajstić information content (AvgIpc) is 3.32. The maximum absolute atomic E-state index is 14.4. The fourth-order valence-electron chi connectivity index (χ4n) is 4.72. The van der Waals surface area contributed by atoms with Crippen molar-refractivity contribution in [3.63, 3.8) is 0 Å². The molecule has 4 aromatic rings. The molecule has 3 aromatic carbocycles. The highest BCUT2D eigenvalue weighted by Gasteiger charge is 2.42. The third-order valence-electron chi connectivity index (χ3n) is 7.00. The van der Waals surface area contributed by atoms with E-state index in [4.69, 9.17) is 9.72 Å². The number of halogens is 5. The van der Waals surface area contributed by atoms with Gasteiger partial charge in [0.15, 0.2) is 0 Å². The molecule has 0 amide bonds. The molecular formula is C32H27F5N2O4S. The molecule has 0 saturated carbocycles. The van der Waals surface area contributed by atoms with E-state index in [0.29, 0.717) is 35.0 Å². The van der Waals surface area contributed by atoms with Gasteiger partial charge in [0.05, 0.1) is 12.1 Å². The predicted octanol–water partition coefficient (Wildman–Crippen LogP) is 7.57. The maximum Gasteiger partial charge on any atom is 0.491 e. The molecule has 0 radical (unpaired) electrons. The van der Waals surface area contributed by atoms with Gasteiger partial charge in [-0.1, -0.05) is 47.7 Å². The molecule has 44 heavy (non-hydrogen) atoms. The molecular weight excluding hydrogens is 603 g/mol. The van der Waals surface area contributed by atoms with Crippen molar-refractivity contribution in [3.8, 4) is 16.3 Å². The molecule has 0 N–H and O–H groups in total. The van der Waals surface area contributed by atoms with Crippen LogP contribution in [-0.2, 0) is 40.3 Å². The molecule has 0 aliphatic carbocycles. The van der Waals surface area contributed by atoms with Gasteiger partial charge in [-0.3, -0.25) is 4.79 Å². The number of benzene rings is 3. The Hall–Kier alpha value is -4.32. The summed E-state index contributed by atoms with van der Waals surface area (Å²) in [6.45, 7) is 1.80. The number of hydrogen-bond acceptors (Lipinski definition) is 7. The zero-order valence-electron chi connectivity index (χ0n) is 23.3. The zero-order chi connectivity index (χ0) is 31.3. The molecule has 0 unspecified atom stereocenters. The number of nitrogens with zero attached hydrogens (tertiary/aromatic N) is 2. The Morgan fingerprint density at radius 2 is 1.61 bits per heavy atom. The first kappa shape index (κ1) is 31.1. The fourth-order valence-corrected chi connectivity index (χ4v) is 5.88. The maximum atomic E-state index is 14.4. The number of aromatic nitrogens is 1. The van der Waals surface area contributed by atoms with E-state index < -0.39 is 29.7 Å². The molecule has 0 spiro atoms. The number of thiazole rings is 1. The van der Waals surface area contributed by atoms with Gasteiger partial charge in [-0.05, 0) is 66.6 Å². The predicted molar refractivity (Wildman–Crippen MR) is 154 cm³/mol. The summed E-state index contributed by atoms with van der Waals surface area (Å²) in [6, 6.07) is 18.3. The Kier molecular flexibility index (Phi) is 9.58. The van der Waals surface area contributed by atoms with Gasteiger partial charge in [-0.2, -0.15) is 13.2 Å². The lowest BCUT2D eigenvalue weighted by Crippen LogP contribution is -2.28. The van der Waals surface area contributed by atoms with Crippen molar-refractivity contribution in [1.29, 1.82) is 0 Å². The van der Waals surface area contributed by atoms with Crippen LogP contribution in [0.5, 0.6) is 5.75 Å². The minimum Gasteiger partial charge on any atom is -0.489 e. The number of fused-ring (bicyclic) bond motifs is 1. The van der Waals surface area contributed by atoms with Crippen LogP contribution < -0.4 is 9.64 Å². The van der Waals surface area contributed by atoms with Crippen LogP contribution in [0, 0.1) is 11.6 Å². The van der Waals surface area contributed by atoms with Gasteiger partial charge in [-0.15, -0.1) is 0 Å². The van der Waals surface area contributed by atoms with E-state index in [2.05, 4.69) is 9.64 Å².